The van der Waals surface area contributed by atoms with Crippen LogP contribution >= 0.6 is 0 Å². The molecule has 1 aliphatic heterocycles. The highest BCUT2D eigenvalue weighted by molar-refractivity contribution is 5.82. The first-order valence-electron chi connectivity index (χ1n) is 9.49. The number of nitrogens with two attached hydrogens (primary N) is 1. The monoisotopic (exact) mass is 343 g/mol. The summed E-state index contributed by atoms with van der Waals surface area (Å²) in [6.45, 7) is 1.30. The Bertz CT molecular complexity index is 582. The molecule has 1 aromatic rings. The van der Waals surface area contributed by atoms with E-state index in [9.17, 15) is 9.59 Å². The van der Waals surface area contributed by atoms with Crippen LogP contribution in [0.1, 0.15) is 44.1 Å². The highest BCUT2D eigenvalue weighted by Crippen LogP contribution is 2.21. The summed E-state index contributed by atoms with van der Waals surface area (Å²) in [5.41, 5.74) is 6.95. The van der Waals surface area contributed by atoms with E-state index in [4.69, 9.17) is 5.73 Å². The summed E-state index contributed by atoms with van der Waals surface area (Å²) in [7, 11) is 0. The maximum absolute atomic E-state index is 12.6. The van der Waals surface area contributed by atoms with Crippen LogP contribution in [0.25, 0.3) is 0 Å². The number of nitrogens with zero attached hydrogens (tertiary/aromatic N) is 1. The van der Waals surface area contributed by atoms with Crippen molar-refractivity contribution in [3.05, 3.63) is 35.9 Å². The summed E-state index contributed by atoms with van der Waals surface area (Å²) in [4.78, 5) is 27.0. The van der Waals surface area contributed by atoms with Crippen molar-refractivity contribution in [1.82, 2.24) is 10.2 Å². The molecule has 1 atom stereocenters. The van der Waals surface area contributed by atoms with Gasteiger partial charge in [0.15, 0.2) is 0 Å². The van der Waals surface area contributed by atoms with E-state index >= 15 is 0 Å². The largest absolute Gasteiger partial charge is 0.353 e. The van der Waals surface area contributed by atoms with Crippen molar-refractivity contribution in [1.29, 1.82) is 0 Å². The highest BCUT2D eigenvalue weighted by atomic mass is 16.2. The number of rotatable bonds is 4. The van der Waals surface area contributed by atoms with Crippen LogP contribution in [0.4, 0.5) is 0 Å². The lowest BCUT2D eigenvalue weighted by Crippen LogP contribution is -2.49. The van der Waals surface area contributed by atoms with Crippen molar-refractivity contribution in [3.8, 4) is 0 Å². The Morgan fingerprint density at radius 2 is 1.80 bits per heavy atom. The van der Waals surface area contributed by atoms with E-state index in [2.05, 4.69) is 5.32 Å². The van der Waals surface area contributed by atoms with Crippen molar-refractivity contribution >= 4 is 11.8 Å². The summed E-state index contributed by atoms with van der Waals surface area (Å²) in [5.74, 6) is 0.147. The molecule has 3 N–H and O–H groups in total. The maximum atomic E-state index is 12.6. The van der Waals surface area contributed by atoms with Gasteiger partial charge in [-0.25, -0.2) is 0 Å². The predicted molar refractivity (Wildman–Crippen MR) is 97.8 cm³/mol. The van der Waals surface area contributed by atoms with E-state index in [0.29, 0.717) is 13.0 Å². The number of benzene rings is 1. The van der Waals surface area contributed by atoms with E-state index in [1.807, 2.05) is 35.2 Å². The molecular formula is C20H29N3O2. The fourth-order valence-electron chi connectivity index (χ4n) is 3.88. The van der Waals surface area contributed by atoms with Gasteiger partial charge in [-0.2, -0.15) is 0 Å². The van der Waals surface area contributed by atoms with Gasteiger partial charge in [0, 0.05) is 25.2 Å². The van der Waals surface area contributed by atoms with Crippen LogP contribution < -0.4 is 11.1 Å². The molecule has 0 bridgehead atoms. The Hall–Kier alpha value is -1.88. The molecule has 1 aliphatic carbocycles. The van der Waals surface area contributed by atoms with Gasteiger partial charge < -0.3 is 16.0 Å². The molecule has 2 aliphatic rings. The van der Waals surface area contributed by atoms with Crippen molar-refractivity contribution in [2.75, 3.05) is 13.1 Å². The molecule has 136 valence electrons. The van der Waals surface area contributed by atoms with Crippen molar-refractivity contribution in [3.63, 3.8) is 0 Å². The zero-order chi connectivity index (χ0) is 17.6. The fraction of sp³-hybridized carbons (Fsp3) is 0.600. The van der Waals surface area contributed by atoms with Gasteiger partial charge >= 0.3 is 0 Å². The third kappa shape index (κ3) is 5.05. The molecular weight excluding hydrogens is 314 g/mol. The van der Waals surface area contributed by atoms with Crippen molar-refractivity contribution < 1.29 is 9.59 Å². The Labute approximate surface area is 150 Å². The quantitative estimate of drug-likeness (QED) is 0.876. The number of carbonyl (C=O) groups is 2. The van der Waals surface area contributed by atoms with Crippen molar-refractivity contribution in [2.24, 2.45) is 11.7 Å². The molecule has 1 unspecified atom stereocenters. The predicted octanol–water partition coefficient (Wildman–Crippen LogP) is 1.85. The maximum Gasteiger partial charge on any atom is 0.227 e. The van der Waals surface area contributed by atoms with Crippen LogP contribution in [-0.2, 0) is 16.0 Å². The normalized spacial score (nSPS) is 26.9. The Morgan fingerprint density at radius 1 is 1.08 bits per heavy atom. The third-order valence-corrected chi connectivity index (χ3v) is 5.46. The molecule has 5 heteroatoms. The Balaban J connectivity index is 1.50. The molecule has 3 rings (SSSR count). The number of amides is 2. The molecule has 2 amide bonds. The molecule has 1 aromatic carbocycles. The molecule has 0 radical (unpaired) electrons. The number of piperidine rings is 1. The first-order valence-corrected chi connectivity index (χ1v) is 9.49. The summed E-state index contributed by atoms with van der Waals surface area (Å²) < 4.78 is 0. The third-order valence-electron chi connectivity index (χ3n) is 5.46. The lowest BCUT2D eigenvalue weighted by molar-refractivity contribution is -0.135. The molecule has 2 fully saturated rings. The van der Waals surface area contributed by atoms with E-state index in [1.54, 1.807) is 0 Å². The summed E-state index contributed by atoms with van der Waals surface area (Å²) in [6.07, 6.45) is 6.08. The number of likely N-dealkylation sites (tertiary alicyclic amines) is 1. The molecule has 1 heterocycles. The van der Waals surface area contributed by atoms with Crippen LogP contribution in [0, 0.1) is 5.92 Å². The molecule has 5 nitrogen and oxygen atoms in total. The van der Waals surface area contributed by atoms with Gasteiger partial charge in [-0.15, -0.1) is 0 Å². The van der Waals surface area contributed by atoms with Gasteiger partial charge in [-0.3, -0.25) is 9.59 Å². The zero-order valence-electron chi connectivity index (χ0n) is 14.8. The minimum atomic E-state index is -0.0796. The van der Waals surface area contributed by atoms with E-state index in [0.717, 1.165) is 50.6 Å². The number of hydrogen-bond donors (Lipinski definition) is 2. The standard InChI is InChI=1S/C20H29N3O2/c21-17-8-10-18(11-9-17)22-20(25)16-7-4-12-23(14-16)19(24)13-15-5-2-1-3-6-15/h1-3,5-6,16-18H,4,7-14,21H2,(H,22,25). The molecule has 1 saturated heterocycles. The van der Waals surface area contributed by atoms with Gasteiger partial charge in [-0.1, -0.05) is 30.3 Å². The van der Waals surface area contributed by atoms with E-state index < -0.39 is 0 Å². The molecule has 0 aromatic heterocycles. The SMILES string of the molecule is NC1CCC(NC(=O)C2CCCN(C(=O)Cc3ccccc3)C2)CC1. The summed E-state index contributed by atoms with van der Waals surface area (Å²) >= 11 is 0. The molecule has 0 spiro atoms. The first-order chi connectivity index (χ1) is 12.1. The van der Waals surface area contributed by atoms with Crippen molar-refractivity contribution in [2.45, 2.75) is 57.0 Å². The minimum absolute atomic E-state index is 0.0796. The lowest BCUT2D eigenvalue weighted by atomic mass is 9.90. The average Bonchev–Trinajstić information content (AvgIpc) is 2.64. The average molecular weight is 343 g/mol. The van der Waals surface area contributed by atoms with Crippen LogP contribution in [0.15, 0.2) is 30.3 Å². The second-order valence-electron chi connectivity index (χ2n) is 7.46. The fourth-order valence-corrected chi connectivity index (χ4v) is 3.88. The van der Waals surface area contributed by atoms with Gasteiger partial charge in [0.1, 0.15) is 0 Å². The van der Waals surface area contributed by atoms with Gasteiger partial charge in [0.2, 0.25) is 11.8 Å². The van der Waals surface area contributed by atoms with Crippen LogP contribution in [-0.4, -0.2) is 41.9 Å². The second-order valence-corrected chi connectivity index (χ2v) is 7.46. The van der Waals surface area contributed by atoms with Gasteiger partial charge in [0.25, 0.3) is 0 Å². The Morgan fingerprint density at radius 3 is 2.52 bits per heavy atom. The zero-order valence-corrected chi connectivity index (χ0v) is 14.8. The van der Waals surface area contributed by atoms with Crippen LogP contribution in [0.3, 0.4) is 0 Å². The van der Waals surface area contributed by atoms with Crippen LogP contribution in [0.5, 0.6) is 0 Å². The van der Waals surface area contributed by atoms with Gasteiger partial charge in [-0.05, 0) is 44.1 Å². The smallest absolute Gasteiger partial charge is 0.227 e. The minimum Gasteiger partial charge on any atom is -0.353 e. The van der Waals surface area contributed by atoms with E-state index in [-0.39, 0.29) is 29.8 Å². The number of carbonyl (C=O) groups excluding carboxylic acids is 2. The van der Waals surface area contributed by atoms with E-state index in [1.165, 1.54) is 0 Å². The van der Waals surface area contributed by atoms with Gasteiger partial charge in [0.05, 0.1) is 12.3 Å². The molecule has 1 saturated carbocycles. The summed E-state index contributed by atoms with van der Waals surface area (Å²) in [6, 6.07) is 10.3. The Kier molecular flexibility index (Phi) is 6.08. The molecule has 25 heavy (non-hydrogen) atoms. The summed E-state index contributed by atoms with van der Waals surface area (Å²) in [5, 5.41) is 3.19. The highest BCUT2D eigenvalue weighted by Gasteiger charge is 2.30. The number of hydrogen-bond acceptors (Lipinski definition) is 3. The first kappa shape index (κ1) is 17.9. The van der Waals surface area contributed by atoms with Crippen LogP contribution in [0.2, 0.25) is 0 Å². The second kappa shape index (κ2) is 8.48. The lowest BCUT2D eigenvalue weighted by Gasteiger charge is -2.34. The number of nitrogens with one attached hydrogen (secondary N) is 1. The topological polar surface area (TPSA) is 75.4 Å².